The van der Waals surface area contributed by atoms with Gasteiger partial charge in [0.1, 0.15) is 36.6 Å². The molecule has 6 atom stereocenters. The first kappa shape index (κ1) is 12.7. The molecule has 108 valence electrons. The van der Waals surface area contributed by atoms with Crippen LogP contribution in [0.4, 0.5) is 0 Å². The van der Waals surface area contributed by atoms with Crippen LogP contribution < -0.4 is 0 Å². The molecule has 3 fully saturated rings. The third kappa shape index (κ3) is 1.89. The molecule has 20 heavy (non-hydrogen) atoms. The lowest BCUT2D eigenvalue weighted by Crippen LogP contribution is -2.44. The molecule has 1 aromatic rings. The van der Waals surface area contributed by atoms with E-state index in [9.17, 15) is 13.5 Å². The number of hydrogen-bond donors (Lipinski definition) is 1. The molecule has 1 aromatic carbocycles. The van der Waals surface area contributed by atoms with Gasteiger partial charge in [0.25, 0.3) is 10.1 Å². The molecule has 2 saturated heterocycles. The summed E-state index contributed by atoms with van der Waals surface area (Å²) in [5, 5.41) is 10.0. The number of aryl methyl sites for hydroxylation is 1. The molecule has 0 bridgehead atoms. The number of benzene rings is 1. The van der Waals surface area contributed by atoms with Crippen molar-refractivity contribution in [1.29, 1.82) is 0 Å². The van der Waals surface area contributed by atoms with Gasteiger partial charge in [-0.15, -0.1) is 0 Å². The fraction of sp³-hybridized carbons (Fsp3) is 0.538. The molecule has 6 nitrogen and oxygen atoms in total. The third-order valence-electron chi connectivity index (χ3n) is 3.99. The predicted octanol–water partition coefficient (Wildman–Crippen LogP) is -0.0218. The van der Waals surface area contributed by atoms with Gasteiger partial charge in [0.05, 0.1) is 4.90 Å². The van der Waals surface area contributed by atoms with E-state index in [0.717, 1.165) is 5.56 Å². The van der Waals surface area contributed by atoms with Gasteiger partial charge in [-0.25, -0.2) is 0 Å². The molecule has 2 aliphatic heterocycles. The van der Waals surface area contributed by atoms with Crippen LogP contribution in [0.2, 0.25) is 0 Å². The van der Waals surface area contributed by atoms with E-state index in [2.05, 4.69) is 0 Å². The van der Waals surface area contributed by atoms with Crippen molar-refractivity contribution in [1.82, 2.24) is 0 Å². The van der Waals surface area contributed by atoms with Crippen molar-refractivity contribution in [2.75, 3.05) is 0 Å². The van der Waals surface area contributed by atoms with Crippen LogP contribution in [0.25, 0.3) is 0 Å². The summed E-state index contributed by atoms with van der Waals surface area (Å²) in [5.74, 6) is 0. The zero-order valence-electron chi connectivity index (χ0n) is 10.7. The molecule has 1 N–H and O–H groups in total. The Morgan fingerprint density at radius 3 is 2.35 bits per heavy atom. The molecule has 0 amide bonds. The second kappa shape index (κ2) is 4.02. The molecule has 1 saturated carbocycles. The minimum absolute atomic E-state index is 0.0753. The van der Waals surface area contributed by atoms with Crippen LogP contribution in [0, 0.1) is 6.92 Å². The number of rotatable bonds is 3. The first-order valence-electron chi connectivity index (χ1n) is 6.46. The van der Waals surface area contributed by atoms with E-state index < -0.39 is 28.4 Å². The molecule has 2 heterocycles. The lowest BCUT2D eigenvalue weighted by Gasteiger charge is -2.22. The van der Waals surface area contributed by atoms with Crippen molar-refractivity contribution >= 4 is 10.1 Å². The second-order valence-electron chi connectivity index (χ2n) is 5.45. The Morgan fingerprint density at radius 2 is 1.65 bits per heavy atom. The van der Waals surface area contributed by atoms with Gasteiger partial charge < -0.3 is 14.6 Å². The highest BCUT2D eigenvalue weighted by Crippen LogP contribution is 2.49. The minimum atomic E-state index is -3.92. The molecule has 0 radical (unpaired) electrons. The fourth-order valence-corrected chi connectivity index (χ4v) is 3.84. The van der Waals surface area contributed by atoms with Crippen LogP contribution in [-0.2, 0) is 23.8 Å². The van der Waals surface area contributed by atoms with E-state index in [0.29, 0.717) is 0 Å². The smallest absolute Gasteiger partial charge is 0.297 e. The Hall–Kier alpha value is -0.990. The maximum absolute atomic E-state index is 12.2. The highest BCUT2D eigenvalue weighted by molar-refractivity contribution is 7.86. The summed E-state index contributed by atoms with van der Waals surface area (Å²) in [6.07, 6.45) is -2.86. The van der Waals surface area contributed by atoms with E-state index >= 15 is 0 Å². The summed E-state index contributed by atoms with van der Waals surface area (Å²) >= 11 is 0. The normalized spacial score (nSPS) is 41.7. The monoisotopic (exact) mass is 298 g/mol. The minimum Gasteiger partial charge on any atom is -0.387 e. The number of ether oxygens (including phenoxy) is 2. The number of epoxide rings is 2. The van der Waals surface area contributed by atoms with Gasteiger partial charge in [-0.2, -0.15) is 8.42 Å². The predicted molar refractivity (Wildman–Crippen MR) is 66.6 cm³/mol. The number of aliphatic hydroxyl groups is 1. The van der Waals surface area contributed by atoms with Crippen LogP contribution >= 0.6 is 0 Å². The van der Waals surface area contributed by atoms with Crippen LogP contribution in [0.15, 0.2) is 29.2 Å². The number of aliphatic hydroxyl groups excluding tert-OH is 1. The Bertz CT molecular complexity index is 639. The van der Waals surface area contributed by atoms with Crippen molar-refractivity contribution in [2.24, 2.45) is 0 Å². The average molecular weight is 298 g/mol. The van der Waals surface area contributed by atoms with Crippen LogP contribution in [0.3, 0.4) is 0 Å². The Balaban J connectivity index is 1.57. The first-order valence-corrected chi connectivity index (χ1v) is 7.87. The first-order chi connectivity index (χ1) is 9.47. The summed E-state index contributed by atoms with van der Waals surface area (Å²) in [5.41, 5.74) is 0.960. The molecule has 0 unspecified atom stereocenters. The highest BCUT2D eigenvalue weighted by atomic mass is 32.2. The summed E-state index contributed by atoms with van der Waals surface area (Å²) in [4.78, 5) is 0.0753. The number of hydrogen-bond acceptors (Lipinski definition) is 6. The van der Waals surface area contributed by atoms with Crippen LogP contribution in [-0.4, -0.2) is 50.1 Å². The van der Waals surface area contributed by atoms with E-state index in [-0.39, 0.29) is 23.2 Å². The Labute approximate surface area is 116 Å². The lowest BCUT2D eigenvalue weighted by molar-refractivity contribution is 0.00640. The molecule has 4 rings (SSSR count). The standard InChI is InChI=1S/C13H14O6S/c1-6-2-4-7(5-3-6)20(15,16)19-10-8(14)9-11(17-9)13-12(10)18-13/h2-5,8-14H,1H3/t8-,9-,10+,11-,12-,13+/m0/s1. The largest absolute Gasteiger partial charge is 0.387 e. The van der Waals surface area contributed by atoms with Gasteiger partial charge in [-0.05, 0) is 19.1 Å². The van der Waals surface area contributed by atoms with Crippen molar-refractivity contribution in [3.8, 4) is 0 Å². The van der Waals surface area contributed by atoms with E-state index in [1.54, 1.807) is 12.1 Å². The molecule has 0 aromatic heterocycles. The van der Waals surface area contributed by atoms with E-state index in [1.807, 2.05) is 6.92 Å². The lowest BCUT2D eigenvalue weighted by atomic mass is 9.95. The Kier molecular flexibility index (Phi) is 2.56. The topological polar surface area (TPSA) is 88.7 Å². The highest BCUT2D eigenvalue weighted by Gasteiger charge is 2.70. The van der Waals surface area contributed by atoms with Crippen molar-refractivity contribution in [2.45, 2.75) is 48.4 Å². The zero-order chi connectivity index (χ0) is 14.1. The average Bonchev–Trinajstić information content (AvgIpc) is 3.24. The molecule has 0 spiro atoms. The van der Waals surface area contributed by atoms with Gasteiger partial charge in [0, 0.05) is 0 Å². The summed E-state index contributed by atoms with van der Waals surface area (Å²) in [6, 6.07) is 6.37. The van der Waals surface area contributed by atoms with Crippen LogP contribution in [0.5, 0.6) is 0 Å². The Morgan fingerprint density at radius 1 is 1.05 bits per heavy atom. The maximum Gasteiger partial charge on any atom is 0.297 e. The maximum atomic E-state index is 12.2. The van der Waals surface area contributed by atoms with Gasteiger partial charge in [0.15, 0.2) is 0 Å². The summed E-state index contributed by atoms with van der Waals surface area (Å²) < 4.78 is 40.2. The second-order valence-corrected chi connectivity index (χ2v) is 7.02. The summed E-state index contributed by atoms with van der Waals surface area (Å²) in [6.45, 7) is 1.87. The van der Waals surface area contributed by atoms with Crippen molar-refractivity contribution in [3.05, 3.63) is 29.8 Å². The molecule has 7 heteroatoms. The van der Waals surface area contributed by atoms with Crippen molar-refractivity contribution in [3.63, 3.8) is 0 Å². The van der Waals surface area contributed by atoms with E-state index in [4.69, 9.17) is 13.7 Å². The van der Waals surface area contributed by atoms with Gasteiger partial charge in [0.2, 0.25) is 0 Å². The van der Waals surface area contributed by atoms with E-state index in [1.165, 1.54) is 12.1 Å². The SMILES string of the molecule is Cc1ccc(S(=O)(=O)O[C@@H]2[C@@H](O)[C@@H]3O[C@@H]3[C@H]3O[C@H]32)cc1. The zero-order valence-corrected chi connectivity index (χ0v) is 11.5. The molecule has 1 aliphatic carbocycles. The van der Waals surface area contributed by atoms with Gasteiger partial charge >= 0.3 is 0 Å². The van der Waals surface area contributed by atoms with Crippen molar-refractivity contribution < 1.29 is 27.2 Å². The van der Waals surface area contributed by atoms with Gasteiger partial charge in [-0.3, -0.25) is 4.18 Å². The summed E-state index contributed by atoms with van der Waals surface area (Å²) in [7, 11) is -3.92. The fourth-order valence-electron chi connectivity index (χ4n) is 2.74. The quantitative estimate of drug-likeness (QED) is 0.623. The third-order valence-corrected chi connectivity index (χ3v) is 5.32. The van der Waals surface area contributed by atoms with Crippen LogP contribution in [0.1, 0.15) is 5.56 Å². The molecule has 3 aliphatic rings. The van der Waals surface area contributed by atoms with Gasteiger partial charge in [-0.1, -0.05) is 17.7 Å². The number of fused-ring (bicyclic) bond motifs is 3. The molecular weight excluding hydrogens is 284 g/mol. The molecular formula is C13H14O6S.